The predicted molar refractivity (Wildman–Crippen MR) is 94.4 cm³/mol. The number of hydrogen-bond acceptors (Lipinski definition) is 1. The number of anilines is 1. The fourth-order valence-electron chi connectivity index (χ4n) is 5.69. The van der Waals surface area contributed by atoms with Crippen molar-refractivity contribution in [2.75, 3.05) is 5.32 Å². The van der Waals surface area contributed by atoms with Gasteiger partial charge in [-0.15, -0.1) is 0 Å². The van der Waals surface area contributed by atoms with Crippen molar-refractivity contribution < 1.29 is 4.79 Å². The summed E-state index contributed by atoms with van der Waals surface area (Å²) in [5, 5.41) is 3.04. The SMILES string of the molecule is CC(C)(C)C(=O)Nc1ccc(C23CC4CC(CC(C4)C2)C3)cc1. The van der Waals surface area contributed by atoms with E-state index in [0.717, 1.165) is 23.4 Å². The van der Waals surface area contributed by atoms with E-state index in [0.29, 0.717) is 5.41 Å². The molecule has 0 saturated heterocycles. The second-order valence-corrected chi connectivity index (χ2v) is 9.48. The molecule has 1 amide bonds. The highest BCUT2D eigenvalue weighted by molar-refractivity contribution is 5.94. The van der Waals surface area contributed by atoms with Crippen molar-refractivity contribution in [3.05, 3.63) is 29.8 Å². The molecule has 5 rings (SSSR count). The third-order valence-electron chi connectivity index (χ3n) is 6.47. The van der Waals surface area contributed by atoms with E-state index in [-0.39, 0.29) is 11.3 Å². The molecule has 124 valence electrons. The van der Waals surface area contributed by atoms with Gasteiger partial charge in [-0.2, -0.15) is 0 Å². The average molecular weight is 311 g/mol. The van der Waals surface area contributed by atoms with Crippen LogP contribution < -0.4 is 5.32 Å². The molecular formula is C21H29NO. The van der Waals surface area contributed by atoms with Crippen LogP contribution in [0.4, 0.5) is 5.69 Å². The van der Waals surface area contributed by atoms with Crippen molar-refractivity contribution in [1.82, 2.24) is 0 Å². The summed E-state index contributed by atoms with van der Waals surface area (Å²) in [7, 11) is 0. The second kappa shape index (κ2) is 5.09. The third-order valence-corrected chi connectivity index (χ3v) is 6.47. The Bertz CT molecular complexity index is 572. The van der Waals surface area contributed by atoms with Gasteiger partial charge in [0.1, 0.15) is 0 Å². The topological polar surface area (TPSA) is 29.1 Å². The van der Waals surface area contributed by atoms with Gasteiger partial charge in [0.2, 0.25) is 5.91 Å². The molecule has 0 atom stereocenters. The Labute approximate surface area is 140 Å². The van der Waals surface area contributed by atoms with Gasteiger partial charge in [-0.3, -0.25) is 4.79 Å². The standard InChI is InChI=1S/C21H29NO/c1-20(2,3)19(23)22-18-6-4-17(5-7-18)21-11-14-8-15(12-21)10-16(9-14)13-21/h4-7,14-16H,8-13H2,1-3H3,(H,22,23). The van der Waals surface area contributed by atoms with Gasteiger partial charge in [-0.1, -0.05) is 32.9 Å². The first-order chi connectivity index (χ1) is 10.8. The molecule has 1 aromatic rings. The molecule has 4 bridgehead atoms. The Morgan fingerprint density at radius 3 is 1.87 bits per heavy atom. The summed E-state index contributed by atoms with van der Waals surface area (Å²) in [4.78, 5) is 12.1. The first-order valence-corrected chi connectivity index (χ1v) is 9.26. The molecular weight excluding hydrogens is 282 g/mol. The lowest BCUT2D eigenvalue weighted by Gasteiger charge is -2.57. The summed E-state index contributed by atoms with van der Waals surface area (Å²) in [5.74, 6) is 3.00. The van der Waals surface area contributed by atoms with Crippen LogP contribution in [0.25, 0.3) is 0 Å². The number of hydrogen-bond donors (Lipinski definition) is 1. The van der Waals surface area contributed by atoms with Crippen molar-refractivity contribution in [3.8, 4) is 0 Å². The molecule has 0 spiro atoms. The highest BCUT2D eigenvalue weighted by Crippen LogP contribution is 2.60. The molecule has 1 N–H and O–H groups in total. The number of carbonyl (C=O) groups excluding carboxylic acids is 1. The Morgan fingerprint density at radius 2 is 1.43 bits per heavy atom. The van der Waals surface area contributed by atoms with Crippen LogP contribution in [0.2, 0.25) is 0 Å². The van der Waals surface area contributed by atoms with Crippen LogP contribution in [-0.2, 0) is 10.2 Å². The quantitative estimate of drug-likeness (QED) is 0.805. The number of carbonyl (C=O) groups is 1. The molecule has 0 aliphatic heterocycles. The van der Waals surface area contributed by atoms with Crippen molar-refractivity contribution in [1.29, 1.82) is 0 Å². The Balaban J connectivity index is 1.54. The molecule has 4 aliphatic carbocycles. The van der Waals surface area contributed by atoms with E-state index < -0.39 is 0 Å². The average Bonchev–Trinajstić information content (AvgIpc) is 2.45. The molecule has 0 heterocycles. The van der Waals surface area contributed by atoms with Crippen molar-refractivity contribution >= 4 is 11.6 Å². The predicted octanol–water partition coefficient (Wildman–Crippen LogP) is 5.14. The molecule has 4 saturated carbocycles. The number of rotatable bonds is 2. The molecule has 0 aromatic heterocycles. The highest BCUT2D eigenvalue weighted by atomic mass is 16.2. The van der Waals surface area contributed by atoms with Crippen LogP contribution in [0.5, 0.6) is 0 Å². The first-order valence-electron chi connectivity index (χ1n) is 9.26. The lowest BCUT2D eigenvalue weighted by Crippen LogP contribution is -2.48. The van der Waals surface area contributed by atoms with E-state index in [1.807, 2.05) is 20.8 Å². The zero-order valence-electron chi connectivity index (χ0n) is 14.7. The number of nitrogens with one attached hydrogen (secondary N) is 1. The summed E-state index contributed by atoms with van der Waals surface area (Å²) in [6.07, 6.45) is 8.64. The van der Waals surface area contributed by atoms with Crippen molar-refractivity contribution in [2.45, 2.75) is 64.7 Å². The molecule has 1 aromatic carbocycles. The van der Waals surface area contributed by atoms with Crippen LogP contribution in [0.1, 0.15) is 64.9 Å². The maximum absolute atomic E-state index is 12.1. The van der Waals surface area contributed by atoms with Gasteiger partial charge in [0.25, 0.3) is 0 Å². The fourth-order valence-corrected chi connectivity index (χ4v) is 5.69. The first kappa shape index (κ1) is 15.2. The summed E-state index contributed by atoms with van der Waals surface area (Å²) < 4.78 is 0. The smallest absolute Gasteiger partial charge is 0.229 e. The summed E-state index contributed by atoms with van der Waals surface area (Å²) in [6.45, 7) is 5.85. The minimum Gasteiger partial charge on any atom is -0.326 e. The minimum absolute atomic E-state index is 0.0834. The molecule has 0 unspecified atom stereocenters. The van der Waals surface area contributed by atoms with E-state index in [9.17, 15) is 4.79 Å². The van der Waals surface area contributed by atoms with Crippen LogP contribution >= 0.6 is 0 Å². The van der Waals surface area contributed by atoms with Gasteiger partial charge in [-0.25, -0.2) is 0 Å². The fraction of sp³-hybridized carbons (Fsp3) is 0.667. The normalized spacial score (nSPS) is 35.3. The van der Waals surface area contributed by atoms with E-state index in [4.69, 9.17) is 0 Å². The molecule has 2 nitrogen and oxygen atoms in total. The monoisotopic (exact) mass is 311 g/mol. The van der Waals surface area contributed by atoms with E-state index in [1.54, 1.807) is 0 Å². The number of benzene rings is 1. The van der Waals surface area contributed by atoms with E-state index in [1.165, 1.54) is 44.1 Å². The molecule has 2 heteroatoms. The largest absolute Gasteiger partial charge is 0.326 e. The Morgan fingerprint density at radius 1 is 0.957 bits per heavy atom. The zero-order chi connectivity index (χ0) is 16.2. The van der Waals surface area contributed by atoms with Gasteiger partial charge in [0.15, 0.2) is 0 Å². The van der Waals surface area contributed by atoms with Crippen molar-refractivity contribution in [3.63, 3.8) is 0 Å². The van der Waals surface area contributed by atoms with Gasteiger partial charge >= 0.3 is 0 Å². The molecule has 0 radical (unpaired) electrons. The summed E-state index contributed by atoms with van der Waals surface area (Å²) in [5.41, 5.74) is 2.55. The van der Waals surface area contributed by atoms with Gasteiger partial charge in [-0.05, 0) is 79.4 Å². The van der Waals surface area contributed by atoms with Crippen LogP contribution in [0, 0.1) is 23.2 Å². The third kappa shape index (κ3) is 2.70. The highest BCUT2D eigenvalue weighted by Gasteiger charge is 2.51. The van der Waals surface area contributed by atoms with Gasteiger partial charge in [0.05, 0.1) is 0 Å². The maximum Gasteiger partial charge on any atom is 0.229 e. The summed E-state index contributed by atoms with van der Waals surface area (Å²) in [6, 6.07) is 8.78. The zero-order valence-corrected chi connectivity index (χ0v) is 14.7. The number of amides is 1. The van der Waals surface area contributed by atoms with Crippen LogP contribution in [0.15, 0.2) is 24.3 Å². The molecule has 4 fully saturated rings. The molecule has 4 aliphatic rings. The van der Waals surface area contributed by atoms with Gasteiger partial charge < -0.3 is 5.32 Å². The summed E-state index contributed by atoms with van der Waals surface area (Å²) >= 11 is 0. The van der Waals surface area contributed by atoms with Gasteiger partial charge in [0, 0.05) is 11.1 Å². The second-order valence-electron chi connectivity index (χ2n) is 9.48. The lowest BCUT2D eigenvalue weighted by molar-refractivity contribution is -0.123. The van der Waals surface area contributed by atoms with E-state index >= 15 is 0 Å². The van der Waals surface area contributed by atoms with Crippen LogP contribution in [0.3, 0.4) is 0 Å². The van der Waals surface area contributed by atoms with E-state index in [2.05, 4.69) is 29.6 Å². The van der Waals surface area contributed by atoms with Crippen LogP contribution in [-0.4, -0.2) is 5.91 Å². The van der Waals surface area contributed by atoms with Crippen molar-refractivity contribution in [2.24, 2.45) is 23.2 Å². The maximum atomic E-state index is 12.1. The molecule has 23 heavy (non-hydrogen) atoms. The Kier molecular flexibility index (Phi) is 3.37. The minimum atomic E-state index is -0.349. The Hall–Kier alpha value is -1.31. The lowest BCUT2D eigenvalue weighted by atomic mass is 9.48.